The second-order valence-corrected chi connectivity index (χ2v) is 4.61. The summed E-state index contributed by atoms with van der Waals surface area (Å²) in [6.07, 6.45) is 11.9. The highest BCUT2D eigenvalue weighted by Gasteiger charge is 2.40. The average Bonchev–Trinajstić information content (AvgIpc) is 2.26. The Morgan fingerprint density at radius 1 is 1.33 bits per heavy atom. The average molecular weight is 207 g/mol. The number of ketones is 1. The summed E-state index contributed by atoms with van der Waals surface area (Å²) in [4.78, 5) is 14.3. The molecule has 1 fully saturated rings. The van der Waals surface area contributed by atoms with E-state index in [1.54, 1.807) is 0 Å². The maximum atomic E-state index is 12.2. The Labute approximate surface area is 93.0 Å². The quantitative estimate of drug-likeness (QED) is 0.659. The Hall–Kier alpha value is -0.810. The first-order chi connectivity index (χ1) is 7.13. The number of rotatable bonds is 4. The number of likely N-dealkylation sites (N-methyl/N-ethyl adjacent to an activating group) is 1. The van der Waals surface area contributed by atoms with E-state index < -0.39 is 0 Å². The molecule has 0 spiro atoms. The summed E-state index contributed by atoms with van der Waals surface area (Å²) in [7, 11) is 4.03. The SMILES string of the molecule is C#CCCC(=O)C1(N(C)C)CCCCC1. The molecule has 0 bridgehead atoms. The van der Waals surface area contributed by atoms with E-state index in [0.717, 1.165) is 12.8 Å². The largest absolute Gasteiger partial charge is 0.298 e. The Morgan fingerprint density at radius 3 is 2.40 bits per heavy atom. The monoisotopic (exact) mass is 207 g/mol. The lowest BCUT2D eigenvalue weighted by Gasteiger charge is -2.41. The summed E-state index contributed by atoms with van der Waals surface area (Å²) < 4.78 is 0. The molecule has 0 aromatic heterocycles. The summed E-state index contributed by atoms with van der Waals surface area (Å²) in [5.41, 5.74) is -0.213. The number of hydrogen-bond acceptors (Lipinski definition) is 2. The molecule has 0 heterocycles. The predicted octanol–water partition coefficient (Wildman–Crippen LogP) is 2.23. The third kappa shape index (κ3) is 2.60. The van der Waals surface area contributed by atoms with E-state index in [4.69, 9.17) is 6.42 Å². The number of Topliss-reactive ketones (excluding diaryl/α,β-unsaturated/α-hetero) is 1. The molecule has 0 atom stereocenters. The van der Waals surface area contributed by atoms with Crippen LogP contribution in [0.15, 0.2) is 0 Å². The predicted molar refractivity (Wildman–Crippen MR) is 62.6 cm³/mol. The summed E-state index contributed by atoms with van der Waals surface area (Å²) in [5, 5.41) is 0. The van der Waals surface area contributed by atoms with Crippen molar-refractivity contribution >= 4 is 5.78 Å². The van der Waals surface area contributed by atoms with Crippen LogP contribution < -0.4 is 0 Å². The van der Waals surface area contributed by atoms with Crippen molar-refractivity contribution in [3.05, 3.63) is 0 Å². The van der Waals surface area contributed by atoms with Gasteiger partial charge in [-0.15, -0.1) is 12.3 Å². The van der Waals surface area contributed by atoms with Crippen LogP contribution in [0.1, 0.15) is 44.9 Å². The van der Waals surface area contributed by atoms with Crippen molar-refractivity contribution < 1.29 is 4.79 Å². The van der Waals surface area contributed by atoms with Crippen LogP contribution in [0.4, 0.5) is 0 Å². The first-order valence-electron chi connectivity index (χ1n) is 5.78. The van der Waals surface area contributed by atoms with Gasteiger partial charge in [-0.2, -0.15) is 0 Å². The summed E-state index contributed by atoms with van der Waals surface area (Å²) in [6, 6.07) is 0. The van der Waals surface area contributed by atoms with Gasteiger partial charge in [-0.3, -0.25) is 9.69 Å². The van der Waals surface area contributed by atoms with Crippen LogP contribution in [0, 0.1) is 12.3 Å². The van der Waals surface area contributed by atoms with Crippen molar-refractivity contribution in [2.75, 3.05) is 14.1 Å². The van der Waals surface area contributed by atoms with Crippen LogP contribution in [0.5, 0.6) is 0 Å². The minimum atomic E-state index is -0.213. The third-order valence-corrected chi connectivity index (χ3v) is 3.55. The Balaban J connectivity index is 2.72. The van der Waals surface area contributed by atoms with Crippen molar-refractivity contribution in [1.82, 2.24) is 4.90 Å². The van der Waals surface area contributed by atoms with Gasteiger partial charge in [0, 0.05) is 12.8 Å². The molecular weight excluding hydrogens is 186 g/mol. The molecule has 0 aliphatic heterocycles. The highest BCUT2D eigenvalue weighted by Crippen LogP contribution is 2.34. The van der Waals surface area contributed by atoms with Crippen LogP contribution in [0.2, 0.25) is 0 Å². The van der Waals surface area contributed by atoms with Gasteiger partial charge in [0.05, 0.1) is 5.54 Å². The smallest absolute Gasteiger partial charge is 0.154 e. The van der Waals surface area contributed by atoms with E-state index >= 15 is 0 Å². The molecule has 0 aromatic carbocycles. The maximum Gasteiger partial charge on any atom is 0.154 e. The van der Waals surface area contributed by atoms with Crippen LogP contribution in [0.25, 0.3) is 0 Å². The van der Waals surface area contributed by atoms with E-state index in [9.17, 15) is 4.79 Å². The minimum absolute atomic E-state index is 0.213. The van der Waals surface area contributed by atoms with Gasteiger partial charge in [-0.05, 0) is 26.9 Å². The van der Waals surface area contributed by atoms with Crippen LogP contribution in [-0.4, -0.2) is 30.3 Å². The zero-order chi connectivity index (χ0) is 11.3. The van der Waals surface area contributed by atoms with E-state index in [1.807, 2.05) is 14.1 Å². The molecule has 1 rings (SSSR count). The zero-order valence-electron chi connectivity index (χ0n) is 9.88. The van der Waals surface area contributed by atoms with Gasteiger partial charge in [0.2, 0.25) is 0 Å². The Bertz CT molecular complexity index is 256. The molecule has 84 valence electrons. The van der Waals surface area contributed by atoms with Gasteiger partial charge >= 0.3 is 0 Å². The van der Waals surface area contributed by atoms with Crippen LogP contribution >= 0.6 is 0 Å². The van der Waals surface area contributed by atoms with Crippen LogP contribution in [-0.2, 0) is 4.79 Å². The van der Waals surface area contributed by atoms with Crippen molar-refractivity contribution in [3.8, 4) is 12.3 Å². The number of nitrogens with zero attached hydrogens (tertiary/aromatic N) is 1. The summed E-state index contributed by atoms with van der Waals surface area (Å²) in [5.74, 6) is 2.89. The number of terminal acetylenes is 1. The van der Waals surface area contributed by atoms with Gasteiger partial charge in [0.25, 0.3) is 0 Å². The van der Waals surface area contributed by atoms with Gasteiger partial charge < -0.3 is 0 Å². The lowest BCUT2D eigenvalue weighted by Crippen LogP contribution is -2.52. The van der Waals surface area contributed by atoms with Gasteiger partial charge in [0.1, 0.15) is 0 Å². The maximum absolute atomic E-state index is 12.2. The summed E-state index contributed by atoms with van der Waals surface area (Å²) >= 11 is 0. The fourth-order valence-corrected chi connectivity index (χ4v) is 2.53. The highest BCUT2D eigenvalue weighted by molar-refractivity contribution is 5.88. The molecule has 0 unspecified atom stereocenters. The second-order valence-electron chi connectivity index (χ2n) is 4.61. The minimum Gasteiger partial charge on any atom is -0.298 e. The third-order valence-electron chi connectivity index (χ3n) is 3.55. The van der Waals surface area contributed by atoms with Crippen molar-refractivity contribution in [3.63, 3.8) is 0 Å². The highest BCUT2D eigenvalue weighted by atomic mass is 16.1. The van der Waals surface area contributed by atoms with Gasteiger partial charge in [0.15, 0.2) is 5.78 Å². The molecule has 0 radical (unpaired) electrons. The van der Waals surface area contributed by atoms with E-state index in [2.05, 4.69) is 10.8 Å². The molecule has 1 saturated carbocycles. The Kier molecular flexibility index (Phi) is 4.35. The molecule has 0 saturated heterocycles. The molecule has 1 aliphatic carbocycles. The van der Waals surface area contributed by atoms with Gasteiger partial charge in [-0.25, -0.2) is 0 Å². The summed E-state index contributed by atoms with van der Waals surface area (Å²) in [6.45, 7) is 0. The Morgan fingerprint density at radius 2 is 1.93 bits per heavy atom. The molecule has 0 N–H and O–H groups in total. The molecule has 0 aromatic rings. The fourth-order valence-electron chi connectivity index (χ4n) is 2.53. The fraction of sp³-hybridized carbons (Fsp3) is 0.769. The van der Waals surface area contributed by atoms with Gasteiger partial charge in [-0.1, -0.05) is 19.3 Å². The molecule has 1 aliphatic rings. The molecule has 2 heteroatoms. The van der Waals surface area contributed by atoms with Crippen molar-refractivity contribution in [2.24, 2.45) is 0 Å². The van der Waals surface area contributed by atoms with E-state index in [-0.39, 0.29) is 5.54 Å². The number of carbonyl (C=O) groups is 1. The first-order valence-corrected chi connectivity index (χ1v) is 5.78. The number of carbonyl (C=O) groups excluding carboxylic acids is 1. The van der Waals surface area contributed by atoms with E-state index in [0.29, 0.717) is 18.6 Å². The molecule has 2 nitrogen and oxygen atoms in total. The standard InChI is InChI=1S/C13H21NO/c1-4-5-9-12(15)13(14(2)3)10-7-6-8-11-13/h1H,5-11H2,2-3H3. The van der Waals surface area contributed by atoms with Crippen molar-refractivity contribution in [2.45, 2.75) is 50.5 Å². The van der Waals surface area contributed by atoms with E-state index in [1.165, 1.54) is 19.3 Å². The molecular formula is C13H21NO. The normalized spacial score (nSPS) is 19.9. The number of hydrogen-bond donors (Lipinski definition) is 0. The first kappa shape index (κ1) is 12.3. The second kappa shape index (κ2) is 5.32. The lowest BCUT2D eigenvalue weighted by molar-refractivity contribution is -0.131. The topological polar surface area (TPSA) is 20.3 Å². The lowest BCUT2D eigenvalue weighted by atomic mass is 9.76. The molecule has 0 amide bonds. The van der Waals surface area contributed by atoms with Crippen LogP contribution in [0.3, 0.4) is 0 Å². The zero-order valence-corrected chi connectivity index (χ0v) is 9.88. The van der Waals surface area contributed by atoms with Crippen molar-refractivity contribution in [1.29, 1.82) is 0 Å². The molecule has 15 heavy (non-hydrogen) atoms.